The average molecular weight is 243 g/mol. The van der Waals surface area contributed by atoms with E-state index in [0.29, 0.717) is 0 Å². The minimum Gasteiger partial charge on any atom is -0.399 e. The molecular weight excluding hydrogens is 230 g/mol. The molecule has 2 N–H and O–H groups in total. The van der Waals surface area contributed by atoms with Crippen molar-refractivity contribution < 1.29 is 4.79 Å². The number of allylic oxidation sites excluding steroid dienone is 1. The fourth-order valence-corrected chi connectivity index (χ4v) is 2.14. The summed E-state index contributed by atoms with van der Waals surface area (Å²) < 4.78 is 0. The number of hydrogen-bond donors (Lipinski definition) is 1. The SMILES string of the molecule is Cc1cc(C(=O)/C=C/c2ccc(N)cc2)cs1. The molecule has 86 valence electrons. The predicted molar refractivity (Wildman–Crippen MR) is 73.3 cm³/mol. The number of anilines is 1. The van der Waals surface area contributed by atoms with Crippen LogP contribution in [0.15, 0.2) is 41.8 Å². The molecule has 0 bridgehead atoms. The molecule has 2 nitrogen and oxygen atoms in total. The molecule has 0 aliphatic rings. The molecule has 1 heterocycles. The van der Waals surface area contributed by atoms with Gasteiger partial charge in [0.2, 0.25) is 0 Å². The molecule has 1 aromatic heterocycles. The van der Waals surface area contributed by atoms with E-state index in [9.17, 15) is 4.79 Å². The molecular formula is C14H13NOS. The average Bonchev–Trinajstić information content (AvgIpc) is 2.75. The Hall–Kier alpha value is -1.87. The highest BCUT2D eigenvalue weighted by atomic mass is 32.1. The molecule has 17 heavy (non-hydrogen) atoms. The van der Waals surface area contributed by atoms with Gasteiger partial charge >= 0.3 is 0 Å². The minimum atomic E-state index is 0.0335. The first-order chi connectivity index (χ1) is 8.15. The number of rotatable bonds is 3. The number of hydrogen-bond acceptors (Lipinski definition) is 3. The quantitative estimate of drug-likeness (QED) is 0.509. The third-order valence-corrected chi connectivity index (χ3v) is 3.24. The first-order valence-electron chi connectivity index (χ1n) is 5.28. The number of nitrogen functional groups attached to an aromatic ring is 1. The standard InChI is InChI=1S/C14H13NOS/c1-10-8-12(9-17-10)14(16)7-4-11-2-5-13(15)6-3-11/h2-9H,15H2,1H3/b7-4+. The monoisotopic (exact) mass is 243 g/mol. The zero-order valence-corrected chi connectivity index (χ0v) is 10.3. The Morgan fingerprint density at radius 3 is 2.59 bits per heavy atom. The van der Waals surface area contributed by atoms with Crippen LogP contribution in [0.4, 0.5) is 5.69 Å². The van der Waals surface area contributed by atoms with E-state index in [0.717, 1.165) is 21.7 Å². The summed E-state index contributed by atoms with van der Waals surface area (Å²) in [6, 6.07) is 9.31. The number of aryl methyl sites for hydroxylation is 1. The third kappa shape index (κ3) is 3.04. The Morgan fingerprint density at radius 1 is 1.29 bits per heavy atom. The van der Waals surface area contributed by atoms with E-state index < -0.39 is 0 Å². The summed E-state index contributed by atoms with van der Waals surface area (Å²) in [6.07, 6.45) is 3.39. The number of nitrogens with two attached hydrogens (primary N) is 1. The van der Waals surface area contributed by atoms with Crippen molar-refractivity contribution in [3.63, 3.8) is 0 Å². The second-order valence-electron chi connectivity index (χ2n) is 3.81. The first-order valence-corrected chi connectivity index (χ1v) is 6.16. The summed E-state index contributed by atoms with van der Waals surface area (Å²) in [5.41, 5.74) is 8.03. The maximum absolute atomic E-state index is 11.8. The molecule has 2 rings (SSSR count). The molecule has 3 heteroatoms. The van der Waals surface area contributed by atoms with Crippen LogP contribution < -0.4 is 5.73 Å². The Balaban J connectivity index is 2.10. The Labute approximate surface area is 104 Å². The second kappa shape index (κ2) is 4.97. The van der Waals surface area contributed by atoms with Crippen molar-refractivity contribution in [1.29, 1.82) is 0 Å². The lowest BCUT2D eigenvalue weighted by molar-refractivity contribution is 0.104. The second-order valence-corrected chi connectivity index (χ2v) is 4.93. The van der Waals surface area contributed by atoms with Crippen molar-refractivity contribution >= 4 is 28.9 Å². The largest absolute Gasteiger partial charge is 0.399 e. The molecule has 0 atom stereocenters. The van der Waals surface area contributed by atoms with Gasteiger partial charge in [0, 0.05) is 21.5 Å². The Kier molecular flexibility index (Phi) is 3.40. The molecule has 2 aromatic rings. The van der Waals surface area contributed by atoms with Gasteiger partial charge in [-0.05, 0) is 36.8 Å². The number of benzene rings is 1. The van der Waals surface area contributed by atoms with Crippen LogP contribution in [0.2, 0.25) is 0 Å². The van der Waals surface area contributed by atoms with E-state index in [1.807, 2.05) is 42.6 Å². The van der Waals surface area contributed by atoms with Crippen LogP contribution in [0.25, 0.3) is 6.08 Å². The molecule has 0 saturated carbocycles. The summed E-state index contributed by atoms with van der Waals surface area (Å²) in [6.45, 7) is 1.99. The zero-order chi connectivity index (χ0) is 12.3. The van der Waals surface area contributed by atoms with Crippen molar-refractivity contribution in [1.82, 2.24) is 0 Å². The normalized spacial score (nSPS) is 10.9. The summed E-state index contributed by atoms with van der Waals surface area (Å²) in [7, 11) is 0. The maximum atomic E-state index is 11.8. The highest BCUT2D eigenvalue weighted by Crippen LogP contribution is 2.15. The number of thiophene rings is 1. The van der Waals surface area contributed by atoms with E-state index in [1.165, 1.54) is 0 Å². The van der Waals surface area contributed by atoms with Crippen molar-refractivity contribution in [3.05, 3.63) is 57.8 Å². The molecule has 0 fully saturated rings. The topological polar surface area (TPSA) is 43.1 Å². The molecule has 1 aromatic carbocycles. The molecule has 0 saturated heterocycles. The highest BCUT2D eigenvalue weighted by Gasteiger charge is 2.03. The van der Waals surface area contributed by atoms with E-state index >= 15 is 0 Å². The van der Waals surface area contributed by atoms with Gasteiger partial charge in [0.15, 0.2) is 5.78 Å². The van der Waals surface area contributed by atoms with Gasteiger partial charge in [-0.3, -0.25) is 4.79 Å². The lowest BCUT2D eigenvalue weighted by atomic mass is 10.1. The van der Waals surface area contributed by atoms with Crippen LogP contribution in [0.3, 0.4) is 0 Å². The molecule has 0 aliphatic carbocycles. The lowest BCUT2D eigenvalue weighted by Crippen LogP contribution is -1.90. The van der Waals surface area contributed by atoms with Gasteiger partial charge in [-0.1, -0.05) is 18.2 Å². The van der Waals surface area contributed by atoms with Gasteiger partial charge in [0.05, 0.1) is 0 Å². The van der Waals surface area contributed by atoms with E-state index in [1.54, 1.807) is 23.5 Å². The fraction of sp³-hybridized carbons (Fsp3) is 0.0714. The number of carbonyl (C=O) groups is 1. The fourth-order valence-electron chi connectivity index (χ4n) is 1.45. The minimum absolute atomic E-state index is 0.0335. The van der Waals surface area contributed by atoms with Crippen LogP contribution in [-0.2, 0) is 0 Å². The molecule has 0 unspecified atom stereocenters. The molecule has 0 radical (unpaired) electrons. The number of ketones is 1. The molecule has 0 aliphatic heterocycles. The lowest BCUT2D eigenvalue weighted by Gasteiger charge is -1.94. The highest BCUT2D eigenvalue weighted by molar-refractivity contribution is 7.10. The Bertz CT molecular complexity index is 552. The van der Waals surface area contributed by atoms with Crippen molar-refractivity contribution in [2.24, 2.45) is 0 Å². The Morgan fingerprint density at radius 2 is 2.00 bits per heavy atom. The van der Waals surface area contributed by atoms with E-state index in [-0.39, 0.29) is 5.78 Å². The molecule has 0 spiro atoms. The third-order valence-electron chi connectivity index (χ3n) is 2.38. The van der Waals surface area contributed by atoms with Gasteiger partial charge in [0.25, 0.3) is 0 Å². The van der Waals surface area contributed by atoms with Gasteiger partial charge in [-0.15, -0.1) is 11.3 Å². The van der Waals surface area contributed by atoms with Crippen LogP contribution in [0.5, 0.6) is 0 Å². The van der Waals surface area contributed by atoms with Crippen LogP contribution >= 0.6 is 11.3 Å². The van der Waals surface area contributed by atoms with Crippen molar-refractivity contribution in [3.8, 4) is 0 Å². The summed E-state index contributed by atoms with van der Waals surface area (Å²) in [5.74, 6) is 0.0335. The van der Waals surface area contributed by atoms with Crippen LogP contribution in [0.1, 0.15) is 20.8 Å². The van der Waals surface area contributed by atoms with Crippen LogP contribution in [0, 0.1) is 6.92 Å². The maximum Gasteiger partial charge on any atom is 0.186 e. The number of carbonyl (C=O) groups excluding carboxylic acids is 1. The van der Waals surface area contributed by atoms with E-state index in [4.69, 9.17) is 5.73 Å². The predicted octanol–water partition coefficient (Wildman–Crippen LogP) is 3.53. The van der Waals surface area contributed by atoms with Crippen molar-refractivity contribution in [2.45, 2.75) is 6.92 Å². The first kappa shape index (κ1) is 11.6. The molecule has 0 amide bonds. The summed E-state index contributed by atoms with van der Waals surface area (Å²) in [4.78, 5) is 12.9. The van der Waals surface area contributed by atoms with Gasteiger partial charge in [-0.25, -0.2) is 0 Å². The van der Waals surface area contributed by atoms with Gasteiger partial charge in [-0.2, -0.15) is 0 Å². The smallest absolute Gasteiger partial charge is 0.186 e. The van der Waals surface area contributed by atoms with Crippen molar-refractivity contribution in [2.75, 3.05) is 5.73 Å². The van der Waals surface area contributed by atoms with Gasteiger partial charge < -0.3 is 5.73 Å². The summed E-state index contributed by atoms with van der Waals surface area (Å²) in [5, 5.41) is 1.88. The zero-order valence-electron chi connectivity index (χ0n) is 9.51. The van der Waals surface area contributed by atoms with Crippen LogP contribution in [-0.4, -0.2) is 5.78 Å². The van der Waals surface area contributed by atoms with Gasteiger partial charge in [0.1, 0.15) is 0 Å². The van der Waals surface area contributed by atoms with E-state index in [2.05, 4.69) is 0 Å². The summed E-state index contributed by atoms with van der Waals surface area (Å²) >= 11 is 1.59.